The summed E-state index contributed by atoms with van der Waals surface area (Å²) in [5.41, 5.74) is 3.95. The smallest absolute Gasteiger partial charge is 0.121 e. The topological polar surface area (TPSA) is 63.7 Å². The monoisotopic (exact) mass is 439 g/mol. The number of likely N-dealkylation sites (N-methyl/N-ethyl adjacent to an activating group) is 1. The van der Waals surface area contributed by atoms with Gasteiger partial charge in [-0.1, -0.05) is 0 Å². The number of rotatable bonds is 8. The third-order valence-electron chi connectivity index (χ3n) is 5.72. The average Bonchev–Trinajstić information content (AvgIpc) is 3.29. The van der Waals surface area contributed by atoms with Crippen molar-refractivity contribution in [3.8, 4) is 22.8 Å². The molecule has 2 unspecified atom stereocenters. The summed E-state index contributed by atoms with van der Waals surface area (Å²) in [4.78, 5) is 7.26. The van der Waals surface area contributed by atoms with Crippen molar-refractivity contribution in [2.45, 2.75) is 11.7 Å². The predicted octanol–water partition coefficient (Wildman–Crippen LogP) is 3.47. The van der Waals surface area contributed by atoms with E-state index in [1.54, 1.807) is 13.4 Å². The molecule has 2 aromatic carbocycles. The second-order valence-corrected chi connectivity index (χ2v) is 9.41. The van der Waals surface area contributed by atoms with Crippen LogP contribution in [0.2, 0.25) is 0 Å². The quantitative estimate of drug-likeness (QED) is 0.543. The van der Waals surface area contributed by atoms with Gasteiger partial charge in [0.25, 0.3) is 0 Å². The summed E-state index contributed by atoms with van der Waals surface area (Å²) in [5, 5.41) is 4.37. The van der Waals surface area contributed by atoms with E-state index in [9.17, 15) is 4.21 Å². The summed E-state index contributed by atoms with van der Waals surface area (Å²) in [6.45, 7) is 3.13. The van der Waals surface area contributed by atoms with Crippen molar-refractivity contribution in [2.24, 2.45) is 0 Å². The van der Waals surface area contributed by atoms with Gasteiger partial charge in [-0.3, -0.25) is 4.21 Å². The fraction of sp³-hybridized carbons (Fsp3) is 0.375. The minimum Gasteiger partial charge on any atom is -0.497 e. The molecule has 4 rings (SSSR count). The van der Waals surface area contributed by atoms with E-state index >= 15 is 0 Å². The van der Waals surface area contributed by atoms with Gasteiger partial charge in [-0.25, -0.2) is 4.98 Å². The lowest BCUT2D eigenvalue weighted by atomic mass is 10.1. The molecule has 7 heteroatoms. The summed E-state index contributed by atoms with van der Waals surface area (Å²) in [6, 6.07) is 16.2. The number of pyridine rings is 1. The highest BCUT2D eigenvalue weighted by Gasteiger charge is 2.27. The largest absolute Gasteiger partial charge is 0.497 e. The van der Waals surface area contributed by atoms with Crippen LogP contribution >= 0.6 is 0 Å². The molecule has 0 saturated carbocycles. The first-order chi connectivity index (χ1) is 15.1. The molecule has 3 aromatic rings. The van der Waals surface area contributed by atoms with E-state index in [0.717, 1.165) is 65.4 Å². The number of anilines is 1. The van der Waals surface area contributed by atoms with Crippen molar-refractivity contribution in [3.63, 3.8) is 0 Å². The molecule has 0 spiro atoms. The zero-order valence-corrected chi connectivity index (χ0v) is 19.1. The predicted molar refractivity (Wildman–Crippen MR) is 128 cm³/mol. The van der Waals surface area contributed by atoms with Gasteiger partial charge >= 0.3 is 0 Å². The van der Waals surface area contributed by atoms with Crippen LogP contribution in [0, 0.1) is 0 Å². The van der Waals surface area contributed by atoms with Crippen molar-refractivity contribution in [3.05, 3.63) is 48.5 Å². The van der Waals surface area contributed by atoms with E-state index in [0.29, 0.717) is 6.61 Å². The molecule has 1 fully saturated rings. The molecule has 1 N–H and O–H groups in total. The van der Waals surface area contributed by atoms with E-state index in [4.69, 9.17) is 14.5 Å². The Bertz CT molecular complexity index is 1070. The van der Waals surface area contributed by atoms with Gasteiger partial charge in [0, 0.05) is 59.4 Å². The molecule has 0 aliphatic carbocycles. The fourth-order valence-electron chi connectivity index (χ4n) is 3.94. The normalized spacial score (nSPS) is 17.1. The number of ether oxygens (including phenoxy) is 2. The van der Waals surface area contributed by atoms with Gasteiger partial charge in [-0.15, -0.1) is 0 Å². The number of benzene rings is 2. The Labute approximate surface area is 186 Å². The Balaban J connectivity index is 1.71. The molecule has 6 nitrogen and oxygen atoms in total. The zero-order valence-electron chi connectivity index (χ0n) is 18.3. The van der Waals surface area contributed by atoms with Crippen LogP contribution < -0.4 is 19.7 Å². The summed E-state index contributed by atoms with van der Waals surface area (Å²) in [6.07, 6.45) is 2.74. The van der Waals surface area contributed by atoms with Gasteiger partial charge in [-0.2, -0.15) is 0 Å². The third-order valence-corrected chi connectivity index (χ3v) is 7.04. The average molecular weight is 440 g/mol. The first-order valence-corrected chi connectivity index (χ1v) is 12.1. The highest BCUT2D eigenvalue weighted by Crippen LogP contribution is 2.35. The molecule has 1 aliphatic heterocycles. The lowest BCUT2D eigenvalue weighted by Crippen LogP contribution is -2.23. The van der Waals surface area contributed by atoms with Crippen LogP contribution in [0.1, 0.15) is 6.42 Å². The highest BCUT2D eigenvalue weighted by molar-refractivity contribution is 7.84. The minimum absolute atomic E-state index is 0.207. The van der Waals surface area contributed by atoms with E-state index in [-0.39, 0.29) is 5.25 Å². The number of methoxy groups -OCH3 is 1. The van der Waals surface area contributed by atoms with Gasteiger partial charge < -0.3 is 19.7 Å². The van der Waals surface area contributed by atoms with Crippen LogP contribution in [0.5, 0.6) is 11.5 Å². The van der Waals surface area contributed by atoms with Crippen LogP contribution in [0.3, 0.4) is 0 Å². The number of nitrogens with one attached hydrogen (secondary N) is 1. The zero-order chi connectivity index (χ0) is 21.8. The van der Waals surface area contributed by atoms with Crippen molar-refractivity contribution in [2.75, 3.05) is 51.6 Å². The molecular weight excluding hydrogens is 410 g/mol. The number of nitrogens with zero attached hydrogens (tertiary/aromatic N) is 2. The van der Waals surface area contributed by atoms with Crippen molar-refractivity contribution in [1.29, 1.82) is 0 Å². The molecule has 164 valence electrons. The first kappa shape index (κ1) is 21.6. The van der Waals surface area contributed by atoms with Crippen molar-refractivity contribution in [1.82, 2.24) is 10.3 Å². The summed E-state index contributed by atoms with van der Waals surface area (Å²) < 4.78 is 23.2. The maximum atomic E-state index is 12.0. The second kappa shape index (κ2) is 9.66. The van der Waals surface area contributed by atoms with Gasteiger partial charge in [0.2, 0.25) is 0 Å². The minimum atomic E-state index is -0.818. The maximum absolute atomic E-state index is 12.0. The second-order valence-electron chi connectivity index (χ2n) is 7.74. The van der Waals surface area contributed by atoms with E-state index < -0.39 is 10.8 Å². The molecular formula is C24H29N3O3S. The van der Waals surface area contributed by atoms with Crippen molar-refractivity contribution < 1.29 is 13.7 Å². The number of fused-ring (bicyclic) bond motifs is 1. The molecule has 31 heavy (non-hydrogen) atoms. The fourth-order valence-corrected chi connectivity index (χ4v) is 4.76. The molecule has 1 aromatic heterocycles. The standard InChI is InChI=1S/C24H29N3O3S/c1-25-11-13-30-18-6-4-17(5-7-18)22-15-24(27-12-10-20(16-27)31(3)28)21-9-8-19(29-2)14-23(21)26-22/h4-9,14-15,20,25H,10-13,16H2,1-3H3. The molecule has 0 amide bonds. The molecule has 1 aliphatic rings. The van der Waals surface area contributed by atoms with Gasteiger partial charge in [-0.05, 0) is 55.9 Å². The highest BCUT2D eigenvalue weighted by atomic mass is 32.2. The number of aromatic nitrogens is 1. The van der Waals surface area contributed by atoms with Crippen LogP contribution in [-0.2, 0) is 10.8 Å². The number of hydrogen-bond donors (Lipinski definition) is 1. The molecule has 2 heterocycles. The lowest BCUT2D eigenvalue weighted by Gasteiger charge is -2.22. The Morgan fingerprint density at radius 3 is 2.61 bits per heavy atom. The Kier molecular flexibility index (Phi) is 6.73. The van der Waals surface area contributed by atoms with Gasteiger partial charge in [0.1, 0.15) is 18.1 Å². The summed E-state index contributed by atoms with van der Waals surface area (Å²) in [7, 11) is 2.76. The van der Waals surface area contributed by atoms with Gasteiger partial charge in [0.15, 0.2) is 0 Å². The first-order valence-electron chi connectivity index (χ1n) is 10.5. The van der Waals surface area contributed by atoms with E-state index in [1.807, 2.05) is 43.4 Å². The molecule has 2 atom stereocenters. The Morgan fingerprint density at radius 2 is 1.94 bits per heavy atom. The Hall–Kier alpha value is -2.64. The SMILES string of the molecule is CNCCOc1ccc(-c2cc(N3CCC(S(C)=O)C3)c3ccc(OC)cc3n2)cc1. The maximum Gasteiger partial charge on any atom is 0.121 e. The lowest BCUT2D eigenvalue weighted by molar-refractivity contribution is 0.318. The summed E-state index contributed by atoms with van der Waals surface area (Å²) in [5.74, 6) is 1.62. The van der Waals surface area contributed by atoms with Crippen LogP contribution in [0.15, 0.2) is 48.5 Å². The van der Waals surface area contributed by atoms with Crippen LogP contribution in [0.4, 0.5) is 5.69 Å². The molecule has 0 radical (unpaired) electrons. The number of hydrogen-bond acceptors (Lipinski definition) is 6. The van der Waals surface area contributed by atoms with E-state index in [1.165, 1.54) is 0 Å². The molecule has 1 saturated heterocycles. The summed E-state index contributed by atoms with van der Waals surface area (Å²) >= 11 is 0. The molecule has 0 bridgehead atoms. The van der Waals surface area contributed by atoms with Crippen LogP contribution in [0.25, 0.3) is 22.2 Å². The van der Waals surface area contributed by atoms with Gasteiger partial charge in [0.05, 0.1) is 23.6 Å². The van der Waals surface area contributed by atoms with Crippen LogP contribution in [-0.4, -0.2) is 61.1 Å². The Morgan fingerprint density at radius 1 is 1.16 bits per heavy atom. The van der Waals surface area contributed by atoms with E-state index in [2.05, 4.69) is 22.3 Å². The third kappa shape index (κ3) is 4.83. The van der Waals surface area contributed by atoms with Crippen molar-refractivity contribution >= 4 is 27.4 Å².